The van der Waals surface area contributed by atoms with Crippen molar-refractivity contribution in [2.45, 2.75) is 19.4 Å². The molecule has 12 heavy (non-hydrogen) atoms. The maximum absolute atomic E-state index is 10.6. The second kappa shape index (κ2) is 2.90. The SMILES string of the molecule is O=Cc1c(Cl)cnn1CC1CC1. The predicted molar refractivity (Wildman–Crippen MR) is 45.3 cm³/mol. The second-order valence-corrected chi connectivity index (χ2v) is 3.53. The monoisotopic (exact) mass is 184 g/mol. The fraction of sp³-hybridized carbons (Fsp3) is 0.500. The van der Waals surface area contributed by atoms with Crippen LogP contribution in [-0.4, -0.2) is 16.1 Å². The minimum atomic E-state index is 0.450. The smallest absolute Gasteiger partial charge is 0.169 e. The van der Waals surface area contributed by atoms with Gasteiger partial charge in [0.15, 0.2) is 6.29 Å². The summed E-state index contributed by atoms with van der Waals surface area (Å²) < 4.78 is 1.69. The highest BCUT2D eigenvalue weighted by atomic mass is 35.5. The predicted octanol–water partition coefficient (Wildman–Crippen LogP) is 1.76. The van der Waals surface area contributed by atoms with Gasteiger partial charge in [-0.15, -0.1) is 0 Å². The van der Waals surface area contributed by atoms with Gasteiger partial charge in [-0.25, -0.2) is 0 Å². The van der Waals surface area contributed by atoms with Gasteiger partial charge in [0.1, 0.15) is 5.69 Å². The molecule has 0 spiro atoms. The topological polar surface area (TPSA) is 34.9 Å². The number of nitrogens with zero attached hydrogens (tertiary/aromatic N) is 2. The van der Waals surface area contributed by atoms with Crippen molar-refractivity contribution in [1.29, 1.82) is 0 Å². The molecule has 1 aromatic heterocycles. The van der Waals surface area contributed by atoms with E-state index in [1.165, 1.54) is 19.0 Å². The third-order valence-electron chi connectivity index (χ3n) is 2.07. The molecular formula is C8H9ClN2O. The van der Waals surface area contributed by atoms with E-state index in [0.29, 0.717) is 16.6 Å². The second-order valence-electron chi connectivity index (χ2n) is 3.12. The van der Waals surface area contributed by atoms with Crippen LogP contribution in [0.15, 0.2) is 6.20 Å². The Labute approximate surface area is 75.3 Å². The first-order valence-corrected chi connectivity index (χ1v) is 4.35. The summed E-state index contributed by atoms with van der Waals surface area (Å²) in [5.74, 6) is 0.708. The summed E-state index contributed by atoms with van der Waals surface area (Å²) >= 11 is 5.73. The van der Waals surface area contributed by atoms with Crippen LogP contribution in [0.5, 0.6) is 0 Å². The van der Waals surface area contributed by atoms with Crippen molar-refractivity contribution >= 4 is 17.9 Å². The van der Waals surface area contributed by atoms with Crippen molar-refractivity contribution in [2.75, 3.05) is 0 Å². The van der Waals surface area contributed by atoms with E-state index in [4.69, 9.17) is 11.6 Å². The van der Waals surface area contributed by atoms with Crippen molar-refractivity contribution < 1.29 is 4.79 Å². The van der Waals surface area contributed by atoms with Crippen LogP contribution in [0, 0.1) is 5.92 Å². The van der Waals surface area contributed by atoms with Gasteiger partial charge in [0.05, 0.1) is 11.2 Å². The van der Waals surface area contributed by atoms with Crippen LogP contribution in [0.1, 0.15) is 23.3 Å². The molecule has 1 aliphatic carbocycles. The Morgan fingerprint density at radius 2 is 2.50 bits per heavy atom. The maximum Gasteiger partial charge on any atom is 0.169 e. The van der Waals surface area contributed by atoms with Crippen LogP contribution in [-0.2, 0) is 6.54 Å². The summed E-state index contributed by atoms with van der Waals surface area (Å²) in [6.45, 7) is 0.834. The number of carbonyl (C=O) groups is 1. The molecule has 0 radical (unpaired) electrons. The first-order chi connectivity index (χ1) is 5.81. The lowest BCUT2D eigenvalue weighted by molar-refractivity contribution is 0.111. The van der Waals surface area contributed by atoms with E-state index in [2.05, 4.69) is 5.10 Å². The molecule has 1 fully saturated rings. The van der Waals surface area contributed by atoms with E-state index < -0.39 is 0 Å². The lowest BCUT2D eigenvalue weighted by Gasteiger charge is -2.00. The van der Waals surface area contributed by atoms with Gasteiger partial charge in [-0.05, 0) is 18.8 Å². The van der Waals surface area contributed by atoms with E-state index in [0.717, 1.165) is 12.8 Å². The fourth-order valence-corrected chi connectivity index (χ4v) is 1.37. The van der Waals surface area contributed by atoms with Gasteiger partial charge in [-0.2, -0.15) is 5.10 Å². The molecule has 0 aliphatic heterocycles. The minimum absolute atomic E-state index is 0.450. The molecule has 0 amide bonds. The highest BCUT2D eigenvalue weighted by molar-refractivity contribution is 6.32. The first kappa shape index (κ1) is 7.80. The quantitative estimate of drug-likeness (QED) is 0.671. The van der Waals surface area contributed by atoms with Crippen molar-refractivity contribution in [3.8, 4) is 0 Å². The fourth-order valence-electron chi connectivity index (χ4n) is 1.18. The third-order valence-corrected chi connectivity index (χ3v) is 2.36. The Morgan fingerprint density at radius 3 is 3.08 bits per heavy atom. The van der Waals surface area contributed by atoms with Crippen LogP contribution >= 0.6 is 11.6 Å². The zero-order valence-corrected chi connectivity index (χ0v) is 7.29. The molecule has 4 heteroatoms. The summed E-state index contributed by atoms with van der Waals surface area (Å²) in [7, 11) is 0. The normalized spacial score (nSPS) is 16.4. The number of carbonyl (C=O) groups excluding carboxylic acids is 1. The van der Waals surface area contributed by atoms with E-state index in [1.807, 2.05) is 0 Å². The number of hydrogen-bond acceptors (Lipinski definition) is 2. The van der Waals surface area contributed by atoms with Crippen molar-refractivity contribution in [1.82, 2.24) is 9.78 Å². The van der Waals surface area contributed by atoms with Crippen LogP contribution in [0.3, 0.4) is 0 Å². The summed E-state index contributed by atoms with van der Waals surface area (Å²) in [5, 5.41) is 4.47. The molecule has 0 unspecified atom stereocenters. The lowest BCUT2D eigenvalue weighted by Crippen LogP contribution is -2.05. The summed E-state index contributed by atoms with van der Waals surface area (Å²) in [6, 6.07) is 0. The number of aldehydes is 1. The van der Waals surface area contributed by atoms with E-state index >= 15 is 0 Å². The Bertz CT molecular complexity index is 304. The first-order valence-electron chi connectivity index (χ1n) is 3.97. The molecule has 1 saturated carbocycles. The zero-order chi connectivity index (χ0) is 8.55. The molecular weight excluding hydrogens is 176 g/mol. The van der Waals surface area contributed by atoms with Gasteiger partial charge in [-0.3, -0.25) is 9.48 Å². The van der Waals surface area contributed by atoms with Crippen LogP contribution in [0.25, 0.3) is 0 Å². The van der Waals surface area contributed by atoms with Crippen LogP contribution in [0.2, 0.25) is 5.02 Å². The van der Waals surface area contributed by atoms with Gasteiger partial charge in [0.25, 0.3) is 0 Å². The van der Waals surface area contributed by atoms with E-state index in [-0.39, 0.29) is 0 Å². The molecule has 0 bridgehead atoms. The molecule has 0 saturated heterocycles. The van der Waals surface area contributed by atoms with Gasteiger partial charge in [0.2, 0.25) is 0 Å². The van der Waals surface area contributed by atoms with Crippen molar-refractivity contribution in [3.05, 3.63) is 16.9 Å². The average Bonchev–Trinajstić information content (AvgIpc) is 2.78. The largest absolute Gasteiger partial charge is 0.296 e. The Balaban J connectivity index is 2.22. The van der Waals surface area contributed by atoms with Crippen molar-refractivity contribution in [3.63, 3.8) is 0 Å². The molecule has 2 rings (SSSR count). The molecule has 0 N–H and O–H groups in total. The zero-order valence-electron chi connectivity index (χ0n) is 6.53. The highest BCUT2D eigenvalue weighted by Crippen LogP contribution is 2.31. The summed E-state index contributed by atoms with van der Waals surface area (Å²) in [6.07, 6.45) is 4.77. The molecule has 64 valence electrons. The minimum Gasteiger partial charge on any atom is -0.296 e. The third kappa shape index (κ3) is 1.37. The highest BCUT2D eigenvalue weighted by Gasteiger charge is 2.23. The number of aromatic nitrogens is 2. The number of hydrogen-bond donors (Lipinski definition) is 0. The van der Waals surface area contributed by atoms with E-state index in [1.54, 1.807) is 4.68 Å². The molecule has 3 nitrogen and oxygen atoms in total. The Hall–Kier alpha value is -0.830. The Morgan fingerprint density at radius 1 is 1.75 bits per heavy atom. The van der Waals surface area contributed by atoms with Crippen LogP contribution < -0.4 is 0 Å². The van der Waals surface area contributed by atoms with E-state index in [9.17, 15) is 4.79 Å². The maximum atomic E-state index is 10.6. The lowest BCUT2D eigenvalue weighted by atomic mass is 10.4. The van der Waals surface area contributed by atoms with Gasteiger partial charge in [-0.1, -0.05) is 11.6 Å². The average molecular weight is 185 g/mol. The van der Waals surface area contributed by atoms with Gasteiger partial charge >= 0.3 is 0 Å². The molecule has 1 aliphatic rings. The number of halogens is 1. The molecule has 1 heterocycles. The van der Waals surface area contributed by atoms with Crippen molar-refractivity contribution in [2.24, 2.45) is 5.92 Å². The summed E-state index contributed by atoms with van der Waals surface area (Å²) in [5.41, 5.74) is 0.503. The summed E-state index contributed by atoms with van der Waals surface area (Å²) in [4.78, 5) is 10.6. The standard InChI is InChI=1S/C8H9ClN2O/c9-7-3-10-11(8(7)5-12)4-6-1-2-6/h3,5-6H,1-2,4H2. The molecule has 0 atom stereocenters. The Kier molecular flexibility index (Phi) is 1.89. The van der Waals surface area contributed by atoms with Gasteiger partial charge in [0, 0.05) is 6.54 Å². The number of rotatable bonds is 3. The van der Waals surface area contributed by atoms with Crippen LogP contribution in [0.4, 0.5) is 0 Å². The molecule has 1 aromatic rings. The van der Waals surface area contributed by atoms with Gasteiger partial charge < -0.3 is 0 Å². The molecule has 0 aromatic carbocycles.